The molecule has 162 valence electrons. The fourth-order valence-electron chi connectivity index (χ4n) is 4.03. The van der Waals surface area contributed by atoms with Gasteiger partial charge in [0.05, 0.1) is 11.0 Å². The van der Waals surface area contributed by atoms with Crippen LogP contribution in [0.5, 0.6) is 11.6 Å². The third-order valence-corrected chi connectivity index (χ3v) is 5.72. The van der Waals surface area contributed by atoms with Crippen molar-refractivity contribution < 1.29 is 14.7 Å². The molecule has 1 fully saturated rings. The van der Waals surface area contributed by atoms with Crippen LogP contribution in [0.3, 0.4) is 0 Å². The SMILES string of the molecule is O=C(c1ccc(Oc2nccnc2C2CCCN(O)CC2)cc1)c1nc2ccccc2[nH]1. The average molecular weight is 429 g/mol. The van der Waals surface area contributed by atoms with Gasteiger partial charge < -0.3 is 14.9 Å². The van der Waals surface area contributed by atoms with E-state index in [1.54, 1.807) is 36.7 Å². The number of ketones is 1. The number of H-pyrrole nitrogens is 1. The van der Waals surface area contributed by atoms with Crippen LogP contribution in [0.25, 0.3) is 11.0 Å². The molecular formula is C24H23N5O3. The fourth-order valence-corrected chi connectivity index (χ4v) is 4.03. The van der Waals surface area contributed by atoms with Crippen molar-refractivity contribution >= 4 is 16.8 Å². The van der Waals surface area contributed by atoms with Crippen molar-refractivity contribution in [2.75, 3.05) is 13.1 Å². The Balaban J connectivity index is 1.33. The molecular weight excluding hydrogens is 406 g/mol. The first-order valence-electron chi connectivity index (χ1n) is 10.7. The molecule has 2 aromatic heterocycles. The maximum atomic E-state index is 12.8. The summed E-state index contributed by atoms with van der Waals surface area (Å²) in [4.78, 5) is 29.2. The van der Waals surface area contributed by atoms with E-state index in [2.05, 4.69) is 19.9 Å². The van der Waals surface area contributed by atoms with Crippen LogP contribution in [-0.2, 0) is 0 Å². The molecule has 32 heavy (non-hydrogen) atoms. The fraction of sp³-hybridized carbons (Fsp3) is 0.250. The van der Waals surface area contributed by atoms with Crippen LogP contribution in [0.1, 0.15) is 47.1 Å². The molecule has 1 saturated heterocycles. The molecule has 0 bridgehead atoms. The monoisotopic (exact) mass is 429 g/mol. The molecule has 3 heterocycles. The summed E-state index contributed by atoms with van der Waals surface area (Å²) in [6, 6.07) is 14.5. The van der Waals surface area contributed by atoms with E-state index in [1.165, 1.54) is 5.06 Å². The maximum Gasteiger partial charge on any atom is 0.241 e. The molecule has 1 aliphatic rings. The number of carbonyl (C=O) groups excluding carboxylic acids is 1. The predicted octanol–water partition coefficient (Wildman–Crippen LogP) is 4.33. The van der Waals surface area contributed by atoms with Gasteiger partial charge >= 0.3 is 0 Å². The molecule has 0 radical (unpaired) electrons. The van der Waals surface area contributed by atoms with Crippen LogP contribution in [-0.4, -0.2) is 49.1 Å². The van der Waals surface area contributed by atoms with Crippen molar-refractivity contribution in [1.82, 2.24) is 25.0 Å². The van der Waals surface area contributed by atoms with Gasteiger partial charge in [-0.2, -0.15) is 5.06 Å². The van der Waals surface area contributed by atoms with Crippen LogP contribution in [0.4, 0.5) is 0 Å². The van der Waals surface area contributed by atoms with Crippen molar-refractivity contribution in [3.8, 4) is 11.6 Å². The number of hydroxylamine groups is 2. The minimum atomic E-state index is -0.181. The molecule has 2 N–H and O–H groups in total. The standard InChI is InChI=1S/C24H23N5O3/c30-22(23-27-19-5-1-2-6-20(19)28-23)17-7-9-18(10-8-17)32-24-21(25-12-13-26-24)16-4-3-14-29(31)15-11-16/h1-2,5-10,12-13,16,31H,3-4,11,14-15H2,(H,27,28). The van der Waals surface area contributed by atoms with Gasteiger partial charge in [-0.3, -0.25) is 9.78 Å². The number of aromatic amines is 1. The van der Waals surface area contributed by atoms with E-state index in [9.17, 15) is 10.0 Å². The first-order valence-corrected chi connectivity index (χ1v) is 10.7. The number of imidazole rings is 1. The number of rotatable bonds is 5. The number of fused-ring (bicyclic) bond motifs is 1. The average Bonchev–Trinajstić information content (AvgIpc) is 3.14. The highest BCUT2D eigenvalue weighted by molar-refractivity contribution is 6.08. The van der Waals surface area contributed by atoms with Gasteiger partial charge in [0.25, 0.3) is 0 Å². The molecule has 8 heteroatoms. The molecule has 5 rings (SSSR count). The number of para-hydroxylation sites is 2. The molecule has 1 atom stereocenters. The van der Waals surface area contributed by atoms with Gasteiger partial charge in [0, 0.05) is 37.0 Å². The number of aromatic nitrogens is 4. The smallest absolute Gasteiger partial charge is 0.241 e. The molecule has 0 saturated carbocycles. The third-order valence-electron chi connectivity index (χ3n) is 5.72. The van der Waals surface area contributed by atoms with Crippen molar-refractivity contribution in [2.24, 2.45) is 0 Å². The Morgan fingerprint density at radius 2 is 1.84 bits per heavy atom. The summed E-state index contributed by atoms with van der Waals surface area (Å²) in [5.74, 6) is 1.33. The zero-order chi connectivity index (χ0) is 21.9. The first-order chi connectivity index (χ1) is 15.7. The number of carbonyl (C=O) groups is 1. The second-order valence-electron chi connectivity index (χ2n) is 7.89. The van der Waals surface area contributed by atoms with Crippen LogP contribution in [0.15, 0.2) is 60.9 Å². The predicted molar refractivity (Wildman–Crippen MR) is 118 cm³/mol. The second kappa shape index (κ2) is 8.86. The zero-order valence-corrected chi connectivity index (χ0v) is 17.4. The number of nitrogens with zero attached hydrogens (tertiary/aromatic N) is 4. The molecule has 2 aromatic carbocycles. The molecule has 0 aliphatic carbocycles. The Kier molecular flexibility index (Phi) is 5.62. The number of nitrogens with one attached hydrogen (secondary N) is 1. The number of ether oxygens (including phenoxy) is 1. The van der Waals surface area contributed by atoms with Crippen molar-refractivity contribution in [3.63, 3.8) is 0 Å². The number of hydrogen-bond acceptors (Lipinski definition) is 7. The lowest BCUT2D eigenvalue weighted by molar-refractivity contribution is -0.0876. The summed E-state index contributed by atoms with van der Waals surface area (Å²) in [6.07, 6.45) is 5.86. The highest BCUT2D eigenvalue weighted by atomic mass is 16.5. The minimum absolute atomic E-state index is 0.171. The van der Waals surface area contributed by atoms with Crippen molar-refractivity contribution in [3.05, 3.63) is 78.0 Å². The Morgan fingerprint density at radius 1 is 1.03 bits per heavy atom. The second-order valence-corrected chi connectivity index (χ2v) is 7.89. The quantitative estimate of drug-likeness (QED) is 0.455. The summed E-state index contributed by atoms with van der Waals surface area (Å²) < 4.78 is 6.03. The van der Waals surface area contributed by atoms with Gasteiger partial charge in [-0.25, -0.2) is 9.97 Å². The van der Waals surface area contributed by atoms with E-state index in [0.29, 0.717) is 36.1 Å². The number of hydrogen-bond donors (Lipinski definition) is 2. The van der Waals surface area contributed by atoms with Gasteiger partial charge in [-0.1, -0.05) is 12.1 Å². The summed E-state index contributed by atoms with van der Waals surface area (Å²) in [7, 11) is 0. The lowest BCUT2D eigenvalue weighted by Crippen LogP contribution is -2.19. The van der Waals surface area contributed by atoms with Gasteiger partial charge in [0.2, 0.25) is 11.7 Å². The Hall–Kier alpha value is -3.62. The van der Waals surface area contributed by atoms with E-state index >= 15 is 0 Å². The van der Waals surface area contributed by atoms with E-state index in [1.807, 2.05) is 24.3 Å². The van der Waals surface area contributed by atoms with Gasteiger partial charge in [-0.05, 0) is 55.7 Å². The molecule has 4 aromatic rings. The molecule has 0 spiro atoms. The van der Waals surface area contributed by atoms with Gasteiger partial charge in [0.15, 0.2) is 5.82 Å². The highest BCUT2D eigenvalue weighted by Crippen LogP contribution is 2.33. The molecule has 0 amide bonds. The summed E-state index contributed by atoms with van der Waals surface area (Å²) >= 11 is 0. The maximum absolute atomic E-state index is 12.8. The first kappa shape index (κ1) is 20.3. The van der Waals surface area contributed by atoms with Crippen LogP contribution in [0, 0.1) is 0 Å². The lowest BCUT2D eigenvalue weighted by atomic mass is 9.97. The van der Waals surface area contributed by atoms with Crippen LogP contribution >= 0.6 is 0 Å². The van der Waals surface area contributed by atoms with E-state index in [4.69, 9.17) is 4.74 Å². The topological polar surface area (TPSA) is 104 Å². The number of benzene rings is 2. The van der Waals surface area contributed by atoms with E-state index in [-0.39, 0.29) is 11.7 Å². The summed E-state index contributed by atoms with van der Waals surface area (Å²) in [5.41, 5.74) is 2.90. The normalized spacial score (nSPS) is 17.2. The molecule has 8 nitrogen and oxygen atoms in total. The zero-order valence-electron chi connectivity index (χ0n) is 17.4. The van der Waals surface area contributed by atoms with Crippen LogP contribution < -0.4 is 4.74 Å². The van der Waals surface area contributed by atoms with Gasteiger partial charge in [-0.15, -0.1) is 0 Å². The third kappa shape index (κ3) is 4.23. The molecule has 1 unspecified atom stereocenters. The largest absolute Gasteiger partial charge is 0.437 e. The van der Waals surface area contributed by atoms with Crippen LogP contribution in [0.2, 0.25) is 0 Å². The summed E-state index contributed by atoms with van der Waals surface area (Å²) in [5, 5.41) is 11.1. The van der Waals surface area contributed by atoms with E-state index in [0.717, 1.165) is 36.0 Å². The van der Waals surface area contributed by atoms with E-state index < -0.39 is 0 Å². The Bertz CT molecular complexity index is 1200. The van der Waals surface area contributed by atoms with Gasteiger partial charge in [0.1, 0.15) is 11.4 Å². The Morgan fingerprint density at radius 3 is 2.69 bits per heavy atom. The Labute approximate surface area is 184 Å². The van der Waals surface area contributed by atoms with Crippen molar-refractivity contribution in [1.29, 1.82) is 0 Å². The highest BCUT2D eigenvalue weighted by Gasteiger charge is 2.23. The van der Waals surface area contributed by atoms with Crippen molar-refractivity contribution in [2.45, 2.75) is 25.2 Å². The lowest BCUT2D eigenvalue weighted by Gasteiger charge is -2.16. The molecule has 1 aliphatic heterocycles. The summed E-state index contributed by atoms with van der Waals surface area (Å²) in [6.45, 7) is 1.26. The minimum Gasteiger partial charge on any atom is -0.437 e.